The summed E-state index contributed by atoms with van der Waals surface area (Å²) in [6.45, 7) is 6.32. The summed E-state index contributed by atoms with van der Waals surface area (Å²) in [4.78, 5) is 12.3. The minimum atomic E-state index is -3.84. The number of nitrogens with one attached hydrogen (secondary N) is 1. The van der Waals surface area contributed by atoms with Gasteiger partial charge < -0.3 is 14.8 Å². The van der Waals surface area contributed by atoms with E-state index in [0.29, 0.717) is 12.3 Å². The molecule has 1 aromatic rings. The number of carbonyl (C=O) groups excluding carboxylic acids is 1. The molecule has 2 rings (SSSR count). The molecule has 0 saturated carbocycles. The molecule has 3 N–H and O–H groups in total. The maximum Gasteiger partial charge on any atom is 0.253 e. The molecule has 1 saturated heterocycles. The average Bonchev–Trinajstić information content (AvgIpc) is 2.56. The first-order valence-electron chi connectivity index (χ1n) is 8.36. The molecule has 2 atom stereocenters. The molecule has 0 aromatic heterocycles. The number of anilines is 1. The molecule has 1 aromatic carbocycles. The Morgan fingerprint density at radius 3 is 2.72 bits per heavy atom. The molecule has 0 aliphatic carbocycles. The van der Waals surface area contributed by atoms with E-state index in [1.807, 2.05) is 0 Å². The maximum absolute atomic E-state index is 12.4. The number of benzene rings is 1. The van der Waals surface area contributed by atoms with Crippen LogP contribution in [-0.2, 0) is 24.3 Å². The Labute approximate surface area is 148 Å². The number of nitrogens with two attached hydrogens (primary N) is 1. The Bertz CT molecular complexity index is 727. The van der Waals surface area contributed by atoms with Crippen LogP contribution in [0.2, 0.25) is 0 Å². The van der Waals surface area contributed by atoms with Gasteiger partial charge in [0.15, 0.2) is 0 Å². The lowest BCUT2D eigenvalue weighted by Crippen LogP contribution is -2.33. The van der Waals surface area contributed by atoms with E-state index in [2.05, 4.69) is 5.32 Å². The molecule has 0 bridgehead atoms. The van der Waals surface area contributed by atoms with Crippen LogP contribution in [-0.4, -0.2) is 39.7 Å². The Balaban J connectivity index is 2.02. The van der Waals surface area contributed by atoms with Gasteiger partial charge in [-0.1, -0.05) is 0 Å². The van der Waals surface area contributed by atoms with Gasteiger partial charge >= 0.3 is 0 Å². The van der Waals surface area contributed by atoms with Gasteiger partial charge in [-0.25, -0.2) is 13.6 Å². The van der Waals surface area contributed by atoms with Gasteiger partial charge in [-0.3, -0.25) is 4.79 Å². The van der Waals surface area contributed by atoms with Crippen LogP contribution >= 0.6 is 0 Å². The van der Waals surface area contributed by atoms with E-state index in [0.717, 1.165) is 37.0 Å². The van der Waals surface area contributed by atoms with Crippen molar-refractivity contribution in [1.82, 2.24) is 0 Å². The van der Waals surface area contributed by atoms with Gasteiger partial charge in [-0.05, 0) is 63.3 Å². The number of hydrogen-bond donors (Lipinski definition) is 2. The van der Waals surface area contributed by atoms with Crippen LogP contribution < -0.4 is 10.5 Å². The Morgan fingerprint density at radius 2 is 2.12 bits per heavy atom. The summed E-state index contributed by atoms with van der Waals surface area (Å²) in [5.41, 5.74) is 1.92. The number of carbonyl (C=O) groups is 1. The predicted octanol–water partition coefficient (Wildman–Crippen LogP) is 1.86. The van der Waals surface area contributed by atoms with Gasteiger partial charge in [0.1, 0.15) is 6.10 Å². The van der Waals surface area contributed by atoms with Gasteiger partial charge in [-0.15, -0.1) is 0 Å². The van der Waals surface area contributed by atoms with E-state index in [-0.39, 0.29) is 16.9 Å². The molecule has 7 nitrogen and oxygen atoms in total. The smallest absolute Gasteiger partial charge is 0.253 e. The number of primary sulfonamides is 1. The van der Waals surface area contributed by atoms with E-state index < -0.39 is 16.1 Å². The zero-order valence-electron chi connectivity index (χ0n) is 14.9. The quantitative estimate of drug-likeness (QED) is 0.795. The first kappa shape index (κ1) is 19.8. The van der Waals surface area contributed by atoms with E-state index in [1.165, 1.54) is 12.1 Å². The van der Waals surface area contributed by atoms with Crippen LogP contribution in [0.4, 0.5) is 5.69 Å². The van der Waals surface area contributed by atoms with Crippen LogP contribution in [0.5, 0.6) is 0 Å². The number of amides is 1. The summed E-state index contributed by atoms with van der Waals surface area (Å²) < 4.78 is 34.3. The van der Waals surface area contributed by atoms with Gasteiger partial charge in [-0.2, -0.15) is 0 Å². The molecule has 0 spiro atoms. The largest absolute Gasteiger partial charge is 0.376 e. The van der Waals surface area contributed by atoms with Crippen molar-refractivity contribution in [2.45, 2.75) is 57.1 Å². The molecule has 1 amide bonds. The normalized spacial score (nSPS) is 19.4. The molecule has 8 heteroatoms. The highest BCUT2D eigenvalue weighted by atomic mass is 32.2. The molecular weight excluding hydrogens is 344 g/mol. The van der Waals surface area contributed by atoms with Crippen molar-refractivity contribution in [3.63, 3.8) is 0 Å². The SMILES string of the molecule is Cc1cc(S(N)(=O)=O)cc(NC(=O)C(C)OCC2CCCCO2)c1C. The third-order valence-corrected chi connectivity index (χ3v) is 5.30. The van der Waals surface area contributed by atoms with E-state index in [9.17, 15) is 13.2 Å². The lowest BCUT2D eigenvalue weighted by atomic mass is 10.1. The molecule has 1 aliphatic rings. The molecule has 25 heavy (non-hydrogen) atoms. The lowest BCUT2D eigenvalue weighted by molar-refractivity contribution is -0.130. The standard InChI is InChI=1S/C17H26N2O5S/c1-11-8-15(25(18,21)22)9-16(12(11)2)19-17(20)13(3)24-10-14-6-4-5-7-23-14/h8-9,13-14H,4-7,10H2,1-3H3,(H,19,20)(H2,18,21,22). The number of sulfonamides is 1. The van der Waals surface area contributed by atoms with Crippen molar-refractivity contribution < 1.29 is 22.7 Å². The highest BCUT2D eigenvalue weighted by molar-refractivity contribution is 7.89. The monoisotopic (exact) mass is 370 g/mol. The van der Waals surface area contributed by atoms with Crippen LogP contribution in [0.3, 0.4) is 0 Å². The molecule has 0 radical (unpaired) electrons. The third kappa shape index (κ3) is 5.50. The second-order valence-electron chi connectivity index (χ2n) is 6.41. The van der Waals surface area contributed by atoms with Crippen LogP contribution in [0.15, 0.2) is 17.0 Å². The maximum atomic E-state index is 12.4. The summed E-state index contributed by atoms with van der Waals surface area (Å²) in [5.74, 6) is -0.343. The van der Waals surface area contributed by atoms with Crippen LogP contribution in [0, 0.1) is 13.8 Å². The van der Waals surface area contributed by atoms with Crippen molar-refractivity contribution in [3.8, 4) is 0 Å². The first-order chi connectivity index (χ1) is 11.7. The molecule has 140 valence electrons. The fourth-order valence-corrected chi connectivity index (χ4v) is 3.24. The number of hydrogen-bond acceptors (Lipinski definition) is 5. The van der Waals surface area contributed by atoms with Gasteiger partial charge in [0.05, 0.1) is 17.6 Å². The molecule has 2 unspecified atom stereocenters. The lowest BCUT2D eigenvalue weighted by Gasteiger charge is -2.24. The third-order valence-electron chi connectivity index (χ3n) is 4.40. The number of aryl methyl sites for hydroxylation is 1. The highest BCUT2D eigenvalue weighted by Crippen LogP contribution is 2.24. The van der Waals surface area contributed by atoms with Crippen molar-refractivity contribution in [1.29, 1.82) is 0 Å². The van der Waals surface area contributed by atoms with Crippen molar-refractivity contribution in [3.05, 3.63) is 23.3 Å². The van der Waals surface area contributed by atoms with Crippen molar-refractivity contribution in [2.24, 2.45) is 5.14 Å². The van der Waals surface area contributed by atoms with Crippen LogP contribution in [0.1, 0.15) is 37.3 Å². The van der Waals surface area contributed by atoms with Gasteiger partial charge in [0.25, 0.3) is 5.91 Å². The molecule has 1 heterocycles. The Kier molecular flexibility index (Phi) is 6.56. The minimum absolute atomic E-state index is 0.0266. The predicted molar refractivity (Wildman–Crippen MR) is 94.9 cm³/mol. The summed E-state index contributed by atoms with van der Waals surface area (Å²) in [6, 6.07) is 2.85. The fourth-order valence-electron chi connectivity index (χ4n) is 2.62. The van der Waals surface area contributed by atoms with E-state index >= 15 is 0 Å². The van der Waals surface area contributed by atoms with E-state index in [1.54, 1.807) is 20.8 Å². The average molecular weight is 370 g/mol. The number of rotatable bonds is 6. The fraction of sp³-hybridized carbons (Fsp3) is 0.588. The second kappa shape index (κ2) is 8.27. The summed E-state index contributed by atoms with van der Waals surface area (Å²) in [6.07, 6.45) is 2.45. The number of ether oxygens (including phenoxy) is 2. The topological polar surface area (TPSA) is 108 Å². The zero-order valence-corrected chi connectivity index (χ0v) is 15.7. The van der Waals surface area contributed by atoms with Crippen molar-refractivity contribution in [2.75, 3.05) is 18.5 Å². The second-order valence-corrected chi connectivity index (χ2v) is 7.97. The zero-order chi connectivity index (χ0) is 18.6. The van der Waals surface area contributed by atoms with E-state index in [4.69, 9.17) is 14.6 Å². The summed E-state index contributed by atoms with van der Waals surface area (Å²) >= 11 is 0. The molecule has 1 aliphatic heterocycles. The first-order valence-corrected chi connectivity index (χ1v) is 9.91. The van der Waals surface area contributed by atoms with Crippen molar-refractivity contribution >= 4 is 21.6 Å². The van der Waals surface area contributed by atoms with Crippen LogP contribution in [0.25, 0.3) is 0 Å². The summed E-state index contributed by atoms with van der Waals surface area (Å²) in [5, 5.41) is 7.91. The Morgan fingerprint density at radius 1 is 1.40 bits per heavy atom. The molecular formula is C17H26N2O5S. The van der Waals surface area contributed by atoms with Gasteiger partial charge in [0.2, 0.25) is 10.0 Å². The minimum Gasteiger partial charge on any atom is -0.376 e. The Hall–Kier alpha value is -1.48. The highest BCUT2D eigenvalue weighted by Gasteiger charge is 2.20. The summed E-state index contributed by atoms with van der Waals surface area (Å²) in [7, 11) is -3.84. The molecule has 1 fully saturated rings. The van der Waals surface area contributed by atoms with Gasteiger partial charge in [0, 0.05) is 12.3 Å².